The van der Waals surface area contributed by atoms with E-state index in [0.29, 0.717) is 5.69 Å². The highest BCUT2D eigenvalue weighted by Gasteiger charge is 2.15. The number of alkyl halides is 1. The average molecular weight is 231 g/mol. The van der Waals surface area contributed by atoms with Crippen molar-refractivity contribution in [1.82, 2.24) is 4.98 Å². The SMILES string of the molecule is N#CC=C1CCN(c2cccc(CF)n2)CC1. The van der Waals surface area contributed by atoms with E-state index < -0.39 is 6.67 Å². The highest BCUT2D eigenvalue weighted by atomic mass is 19.1. The van der Waals surface area contributed by atoms with Crippen LogP contribution in [-0.4, -0.2) is 18.1 Å². The number of halogens is 1. The maximum atomic E-state index is 12.5. The van der Waals surface area contributed by atoms with Crippen LogP contribution in [-0.2, 0) is 6.67 Å². The predicted octanol–water partition coefficient (Wildman–Crippen LogP) is 2.60. The molecule has 3 nitrogen and oxygen atoms in total. The molecule has 0 aromatic carbocycles. The first-order valence-corrected chi connectivity index (χ1v) is 5.68. The molecule has 2 heterocycles. The maximum Gasteiger partial charge on any atom is 0.132 e. The Kier molecular flexibility index (Phi) is 3.71. The summed E-state index contributed by atoms with van der Waals surface area (Å²) in [5.74, 6) is 0.830. The van der Waals surface area contributed by atoms with Gasteiger partial charge in [-0.25, -0.2) is 9.37 Å². The van der Waals surface area contributed by atoms with E-state index in [2.05, 4.69) is 16.0 Å². The van der Waals surface area contributed by atoms with Gasteiger partial charge in [-0.3, -0.25) is 0 Å². The third-order valence-corrected chi connectivity index (χ3v) is 2.93. The van der Waals surface area contributed by atoms with Gasteiger partial charge in [0, 0.05) is 19.2 Å². The quantitative estimate of drug-likeness (QED) is 0.734. The van der Waals surface area contributed by atoms with Crippen LogP contribution in [0.25, 0.3) is 0 Å². The van der Waals surface area contributed by atoms with Crippen LogP contribution >= 0.6 is 0 Å². The minimum Gasteiger partial charge on any atom is -0.356 e. The van der Waals surface area contributed by atoms with Gasteiger partial charge in [0.15, 0.2) is 0 Å². The fraction of sp³-hybridized carbons (Fsp3) is 0.385. The largest absolute Gasteiger partial charge is 0.356 e. The third kappa shape index (κ3) is 2.82. The lowest BCUT2D eigenvalue weighted by atomic mass is 10.0. The number of pyridine rings is 1. The first-order valence-electron chi connectivity index (χ1n) is 5.68. The van der Waals surface area contributed by atoms with Crippen molar-refractivity contribution >= 4 is 5.82 Å². The number of aromatic nitrogens is 1. The highest BCUT2D eigenvalue weighted by molar-refractivity contribution is 5.41. The second-order valence-corrected chi connectivity index (χ2v) is 4.04. The number of rotatable bonds is 2. The standard InChI is InChI=1S/C13H14FN3/c14-10-12-2-1-3-13(16-12)17-8-5-11(4-7-15)6-9-17/h1-4H,5-6,8-10H2. The Morgan fingerprint density at radius 1 is 1.41 bits per heavy atom. The molecule has 1 aromatic heterocycles. The van der Waals surface area contributed by atoms with E-state index >= 15 is 0 Å². The monoisotopic (exact) mass is 231 g/mol. The van der Waals surface area contributed by atoms with Gasteiger partial charge in [-0.1, -0.05) is 11.6 Å². The van der Waals surface area contributed by atoms with Crippen LogP contribution in [0.2, 0.25) is 0 Å². The zero-order valence-corrected chi connectivity index (χ0v) is 9.56. The Balaban J connectivity index is 2.05. The lowest BCUT2D eigenvalue weighted by molar-refractivity contribution is 0.475. The molecule has 0 atom stereocenters. The minimum absolute atomic E-state index is 0.473. The van der Waals surface area contributed by atoms with Crippen LogP contribution in [0.5, 0.6) is 0 Å². The van der Waals surface area contributed by atoms with Gasteiger partial charge < -0.3 is 4.90 Å². The summed E-state index contributed by atoms with van der Waals surface area (Å²) in [4.78, 5) is 6.39. The lowest BCUT2D eigenvalue weighted by Crippen LogP contribution is -2.31. The maximum absolute atomic E-state index is 12.5. The molecule has 0 spiro atoms. The van der Waals surface area contributed by atoms with Crippen LogP contribution in [0, 0.1) is 11.3 Å². The van der Waals surface area contributed by atoms with Crippen LogP contribution in [0.4, 0.5) is 10.2 Å². The number of nitrogens with zero attached hydrogens (tertiary/aromatic N) is 3. The summed E-state index contributed by atoms with van der Waals surface area (Å²) in [6, 6.07) is 7.49. The van der Waals surface area contributed by atoms with Gasteiger partial charge in [-0.15, -0.1) is 0 Å². The molecule has 1 saturated heterocycles. The van der Waals surface area contributed by atoms with Crippen molar-refractivity contribution in [1.29, 1.82) is 5.26 Å². The summed E-state index contributed by atoms with van der Waals surface area (Å²) < 4.78 is 12.5. The topological polar surface area (TPSA) is 39.9 Å². The van der Waals surface area contributed by atoms with E-state index in [0.717, 1.165) is 31.7 Å². The Labute approximate surface area is 100 Å². The van der Waals surface area contributed by atoms with E-state index in [1.54, 1.807) is 12.1 Å². The Bertz CT molecular complexity index is 452. The summed E-state index contributed by atoms with van der Waals surface area (Å²) >= 11 is 0. The van der Waals surface area contributed by atoms with E-state index in [9.17, 15) is 4.39 Å². The molecular weight excluding hydrogens is 217 g/mol. The van der Waals surface area contributed by atoms with Crippen molar-refractivity contribution < 1.29 is 4.39 Å². The fourth-order valence-corrected chi connectivity index (χ4v) is 1.98. The molecule has 0 unspecified atom stereocenters. The van der Waals surface area contributed by atoms with E-state index in [1.165, 1.54) is 5.57 Å². The molecule has 0 saturated carbocycles. The number of hydrogen-bond donors (Lipinski definition) is 0. The molecular formula is C13H14FN3. The minimum atomic E-state index is -0.527. The predicted molar refractivity (Wildman–Crippen MR) is 64.2 cm³/mol. The van der Waals surface area contributed by atoms with Crippen LogP contribution < -0.4 is 4.90 Å². The first kappa shape index (κ1) is 11.6. The van der Waals surface area contributed by atoms with Crippen molar-refractivity contribution in [3.63, 3.8) is 0 Å². The van der Waals surface area contributed by atoms with E-state index in [4.69, 9.17) is 5.26 Å². The van der Waals surface area contributed by atoms with Gasteiger partial charge in [0.25, 0.3) is 0 Å². The van der Waals surface area contributed by atoms with Crippen LogP contribution in [0.3, 0.4) is 0 Å². The van der Waals surface area contributed by atoms with Gasteiger partial charge >= 0.3 is 0 Å². The number of allylic oxidation sites excluding steroid dienone is 1. The molecule has 88 valence electrons. The molecule has 0 aliphatic carbocycles. The Morgan fingerprint density at radius 3 is 2.82 bits per heavy atom. The van der Waals surface area contributed by atoms with E-state index in [-0.39, 0.29) is 0 Å². The van der Waals surface area contributed by atoms with Gasteiger partial charge in [0.1, 0.15) is 12.5 Å². The zero-order valence-electron chi connectivity index (χ0n) is 9.56. The molecule has 2 rings (SSSR count). The lowest BCUT2D eigenvalue weighted by Gasteiger charge is -2.29. The summed E-state index contributed by atoms with van der Waals surface area (Å²) in [7, 11) is 0. The molecule has 0 amide bonds. The van der Waals surface area contributed by atoms with Gasteiger partial charge in [0.2, 0.25) is 0 Å². The smallest absolute Gasteiger partial charge is 0.132 e. The molecule has 1 aliphatic rings. The molecule has 0 radical (unpaired) electrons. The van der Waals surface area contributed by atoms with Crippen molar-refractivity contribution in [2.24, 2.45) is 0 Å². The molecule has 0 bridgehead atoms. The second kappa shape index (κ2) is 5.44. The molecule has 17 heavy (non-hydrogen) atoms. The molecule has 4 heteroatoms. The molecule has 1 aromatic rings. The summed E-state index contributed by atoms with van der Waals surface area (Å²) in [6.07, 6.45) is 3.40. The van der Waals surface area contributed by atoms with Gasteiger partial charge in [0.05, 0.1) is 11.8 Å². The Morgan fingerprint density at radius 2 is 2.18 bits per heavy atom. The van der Waals surface area contributed by atoms with Crippen LogP contribution in [0.15, 0.2) is 29.8 Å². The number of piperidine rings is 1. The van der Waals surface area contributed by atoms with Crippen molar-refractivity contribution in [2.45, 2.75) is 19.5 Å². The number of hydrogen-bond acceptors (Lipinski definition) is 3. The first-order chi connectivity index (χ1) is 8.33. The van der Waals surface area contributed by atoms with Crippen molar-refractivity contribution in [3.05, 3.63) is 35.5 Å². The second-order valence-electron chi connectivity index (χ2n) is 4.04. The van der Waals surface area contributed by atoms with Gasteiger partial charge in [-0.2, -0.15) is 5.26 Å². The number of nitriles is 1. The summed E-state index contributed by atoms with van der Waals surface area (Å²) in [6.45, 7) is 1.16. The third-order valence-electron chi connectivity index (χ3n) is 2.93. The molecule has 1 fully saturated rings. The van der Waals surface area contributed by atoms with Gasteiger partial charge in [-0.05, 0) is 25.0 Å². The molecule has 1 aliphatic heterocycles. The van der Waals surface area contributed by atoms with E-state index in [1.807, 2.05) is 12.1 Å². The summed E-state index contributed by atoms with van der Waals surface area (Å²) in [5.41, 5.74) is 1.66. The Hall–Kier alpha value is -1.89. The highest BCUT2D eigenvalue weighted by Crippen LogP contribution is 2.21. The van der Waals surface area contributed by atoms with Crippen molar-refractivity contribution in [2.75, 3.05) is 18.0 Å². The number of anilines is 1. The normalized spacial score (nSPS) is 15.5. The average Bonchev–Trinajstić information content (AvgIpc) is 2.40. The van der Waals surface area contributed by atoms with Crippen molar-refractivity contribution in [3.8, 4) is 6.07 Å². The van der Waals surface area contributed by atoms with Crippen LogP contribution in [0.1, 0.15) is 18.5 Å². The molecule has 0 N–H and O–H groups in total. The zero-order chi connectivity index (χ0) is 12.1. The fourth-order valence-electron chi connectivity index (χ4n) is 1.98. The summed E-state index contributed by atoms with van der Waals surface area (Å²) in [5, 5.41) is 8.58.